The number of primary amides is 1. The van der Waals surface area contributed by atoms with Gasteiger partial charge in [-0.25, -0.2) is 8.42 Å². The molecule has 0 aliphatic carbocycles. The number of likely N-dealkylation sites (tertiary alicyclic amines) is 2. The number of piperidine rings is 1. The fraction of sp³-hybridized carbons (Fsp3) is 0.500. The Morgan fingerprint density at radius 2 is 1.55 bits per heavy atom. The molecule has 12 heteroatoms. The zero-order valence-corrected chi connectivity index (χ0v) is 26.3. The minimum absolute atomic E-state index is 0.0411. The molecular weight excluding hydrogens is 580 g/mol. The van der Waals surface area contributed by atoms with Gasteiger partial charge in [0.1, 0.15) is 12.1 Å². The Balaban J connectivity index is 1.63. The van der Waals surface area contributed by atoms with Crippen molar-refractivity contribution in [3.8, 4) is 0 Å². The standard InChI is InChI=1S/C32H44N6O5S/c1-23(2)30(40)35-32(34)36-18-15-25(16-19-36)21-38(44(42,43)22-26-12-7-4-8-13-26)28(20-24-10-5-3-6-11-24)31(41)37-17-9-14-27(37)29(33)39/h3-8,10-13,23,25,27-28H,9,14-22H2,1-2H3,(H2,33,39)(H2,34,35,40)/t27-,28+/m0/s1. The van der Waals surface area contributed by atoms with E-state index in [1.807, 2.05) is 36.4 Å². The number of carbonyl (C=O) groups excluding carboxylic acids is 3. The van der Waals surface area contributed by atoms with Gasteiger partial charge < -0.3 is 15.5 Å². The van der Waals surface area contributed by atoms with E-state index in [9.17, 15) is 22.8 Å². The molecule has 0 spiro atoms. The molecule has 2 fully saturated rings. The van der Waals surface area contributed by atoms with E-state index in [0.29, 0.717) is 50.9 Å². The highest BCUT2D eigenvalue weighted by molar-refractivity contribution is 7.88. The molecule has 2 atom stereocenters. The third-order valence-electron chi connectivity index (χ3n) is 8.45. The quantitative estimate of drug-likeness (QED) is 0.257. The molecule has 0 saturated carbocycles. The summed E-state index contributed by atoms with van der Waals surface area (Å²) in [5.74, 6) is -1.79. The van der Waals surface area contributed by atoms with E-state index >= 15 is 0 Å². The molecule has 2 heterocycles. The highest BCUT2D eigenvalue weighted by Crippen LogP contribution is 2.28. The number of nitrogens with zero attached hydrogens (tertiary/aromatic N) is 3. The number of sulfonamides is 1. The first-order valence-electron chi connectivity index (χ1n) is 15.3. The Morgan fingerprint density at radius 1 is 0.955 bits per heavy atom. The zero-order valence-electron chi connectivity index (χ0n) is 25.5. The molecule has 4 N–H and O–H groups in total. The van der Waals surface area contributed by atoms with Gasteiger partial charge in [-0.2, -0.15) is 4.31 Å². The van der Waals surface area contributed by atoms with Gasteiger partial charge >= 0.3 is 0 Å². The fourth-order valence-corrected chi connectivity index (χ4v) is 7.67. The van der Waals surface area contributed by atoms with Crippen molar-refractivity contribution < 1.29 is 22.8 Å². The second kappa shape index (κ2) is 14.8. The molecular formula is C32H44N6O5S. The van der Waals surface area contributed by atoms with E-state index in [-0.39, 0.29) is 42.4 Å². The lowest BCUT2D eigenvalue weighted by Gasteiger charge is -2.39. The topological polar surface area (TPSA) is 157 Å². The second-order valence-corrected chi connectivity index (χ2v) is 14.0. The van der Waals surface area contributed by atoms with Gasteiger partial charge in [0.25, 0.3) is 0 Å². The number of nitrogens with one attached hydrogen (secondary N) is 2. The number of hydrogen-bond donors (Lipinski definition) is 3. The van der Waals surface area contributed by atoms with Crippen molar-refractivity contribution in [2.45, 2.75) is 63.8 Å². The Bertz CT molecular complexity index is 1410. The molecule has 2 aliphatic rings. The van der Waals surface area contributed by atoms with Crippen LogP contribution in [0.1, 0.15) is 50.7 Å². The summed E-state index contributed by atoms with van der Waals surface area (Å²) in [6.07, 6.45) is 2.38. The minimum atomic E-state index is -4.00. The van der Waals surface area contributed by atoms with Gasteiger partial charge in [0.05, 0.1) is 5.75 Å². The van der Waals surface area contributed by atoms with Gasteiger partial charge in [-0.15, -0.1) is 0 Å². The van der Waals surface area contributed by atoms with Gasteiger partial charge in [-0.3, -0.25) is 25.1 Å². The third-order valence-corrected chi connectivity index (χ3v) is 10.3. The molecule has 0 radical (unpaired) electrons. The van der Waals surface area contributed by atoms with Gasteiger partial charge in [0.2, 0.25) is 27.7 Å². The summed E-state index contributed by atoms with van der Waals surface area (Å²) in [4.78, 5) is 41.9. The van der Waals surface area contributed by atoms with Crippen LogP contribution in [-0.2, 0) is 36.6 Å². The van der Waals surface area contributed by atoms with Crippen LogP contribution in [-0.4, -0.2) is 84.5 Å². The Hall–Kier alpha value is -3.77. The van der Waals surface area contributed by atoms with Gasteiger partial charge in [0, 0.05) is 32.1 Å². The molecule has 44 heavy (non-hydrogen) atoms. The summed E-state index contributed by atoms with van der Waals surface area (Å²) >= 11 is 0. The lowest BCUT2D eigenvalue weighted by Crippen LogP contribution is -2.56. The van der Waals surface area contributed by atoms with Gasteiger partial charge in [-0.05, 0) is 49.1 Å². The lowest BCUT2D eigenvalue weighted by atomic mass is 9.95. The molecule has 0 aromatic heterocycles. The molecule has 2 aliphatic heterocycles. The molecule has 0 unspecified atom stereocenters. The maximum atomic E-state index is 14.3. The fourth-order valence-electron chi connectivity index (χ4n) is 5.90. The minimum Gasteiger partial charge on any atom is -0.368 e. The highest BCUT2D eigenvalue weighted by atomic mass is 32.2. The average molecular weight is 625 g/mol. The van der Waals surface area contributed by atoms with Gasteiger partial charge in [-0.1, -0.05) is 74.5 Å². The molecule has 2 aromatic carbocycles. The predicted molar refractivity (Wildman–Crippen MR) is 169 cm³/mol. The van der Waals surface area contributed by atoms with Crippen molar-refractivity contribution in [3.05, 3.63) is 71.8 Å². The van der Waals surface area contributed by atoms with Gasteiger partial charge in [0.15, 0.2) is 5.96 Å². The largest absolute Gasteiger partial charge is 0.368 e. The first-order valence-corrected chi connectivity index (χ1v) is 16.9. The van der Waals surface area contributed by atoms with Crippen molar-refractivity contribution >= 4 is 33.7 Å². The number of benzene rings is 2. The molecule has 238 valence electrons. The third kappa shape index (κ3) is 8.44. The van der Waals surface area contributed by atoms with Crippen molar-refractivity contribution in [1.82, 2.24) is 19.4 Å². The number of nitrogens with two attached hydrogens (primary N) is 1. The summed E-state index contributed by atoms with van der Waals surface area (Å²) in [6.45, 7) is 4.93. The summed E-state index contributed by atoms with van der Waals surface area (Å²) in [7, 11) is -4.00. The summed E-state index contributed by atoms with van der Waals surface area (Å²) in [5.41, 5.74) is 7.09. The Labute approximate surface area is 260 Å². The van der Waals surface area contributed by atoms with E-state index < -0.39 is 33.9 Å². The highest BCUT2D eigenvalue weighted by Gasteiger charge is 2.43. The van der Waals surface area contributed by atoms with Crippen molar-refractivity contribution in [3.63, 3.8) is 0 Å². The van der Waals surface area contributed by atoms with E-state index in [1.54, 1.807) is 43.0 Å². The summed E-state index contributed by atoms with van der Waals surface area (Å²) in [6, 6.07) is 16.4. The van der Waals surface area contributed by atoms with Crippen LogP contribution < -0.4 is 11.1 Å². The summed E-state index contributed by atoms with van der Waals surface area (Å²) < 4.78 is 29.9. The summed E-state index contributed by atoms with van der Waals surface area (Å²) in [5, 5.41) is 11.0. The van der Waals surface area contributed by atoms with Crippen molar-refractivity contribution in [2.24, 2.45) is 17.6 Å². The SMILES string of the molecule is CC(C)C(=O)NC(=N)N1CCC(CN([C@H](Cc2ccccc2)C(=O)N2CCC[C@H]2C(N)=O)S(=O)(=O)Cc2ccccc2)CC1. The normalized spacial score (nSPS) is 18.4. The number of guanidine groups is 1. The number of rotatable bonds is 11. The van der Waals surface area contributed by atoms with E-state index in [2.05, 4.69) is 5.32 Å². The molecule has 2 saturated heterocycles. The van der Waals surface area contributed by atoms with Crippen molar-refractivity contribution in [2.75, 3.05) is 26.2 Å². The van der Waals surface area contributed by atoms with E-state index in [1.165, 1.54) is 9.21 Å². The first kappa shape index (κ1) is 33.1. The van der Waals surface area contributed by atoms with E-state index in [0.717, 1.165) is 5.56 Å². The van der Waals surface area contributed by atoms with Crippen LogP contribution in [0.15, 0.2) is 60.7 Å². The van der Waals surface area contributed by atoms with Crippen LogP contribution >= 0.6 is 0 Å². The zero-order chi connectivity index (χ0) is 31.9. The predicted octanol–water partition coefficient (Wildman–Crippen LogP) is 2.32. The maximum absolute atomic E-state index is 14.3. The second-order valence-electron chi connectivity index (χ2n) is 12.0. The van der Waals surface area contributed by atoms with Crippen molar-refractivity contribution in [1.29, 1.82) is 5.41 Å². The van der Waals surface area contributed by atoms with Crippen LogP contribution in [0.4, 0.5) is 0 Å². The maximum Gasteiger partial charge on any atom is 0.242 e. The average Bonchev–Trinajstić information content (AvgIpc) is 3.50. The number of carbonyl (C=O) groups is 3. The molecule has 4 rings (SSSR count). The Kier molecular flexibility index (Phi) is 11.1. The van der Waals surface area contributed by atoms with E-state index in [4.69, 9.17) is 11.1 Å². The number of hydrogen-bond acceptors (Lipinski definition) is 6. The van der Waals surface area contributed by atoms with Crippen LogP contribution in [0.25, 0.3) is 0 Å². The van der Waals surface area contributed by atoms with Crippen LogP contribution in [0.3, 0.4) is 0 Å². The molecule has 3 amide bonds. The number of amides is 3. The first-order chi connectivity index (χ1) is 21.0. The van der Waals surface area contributed by atoms with Crippen LogP contribution in [0.5, 0.6) is 0 Å². The smallest absolute Gasteiger partial charge is 0.242 e. The monoisotopic (exact) mass is 624 g/mol. The lowest BCUT2D eigenvalue weighted by molar-refractivity contribution is -0.140. The van der Waals surface area contributed by atoms with Crippen LogP contribution in [0.2, 0.25) is 0 Å². The molecule has 0 bridgehead atoms. The molecule has 2 aromatic rings. The molecule has 11 nitrogen and oxygen atoms in total. The van der Waals surface area contributed by atoms with Crippen LogP contribution in [0, 0.1) is 17.2 Å². The Morgan fingerprint density at radius 3 is 2.11 bits per heavy atom.